The lowest BCUT2D eigenvalue weighted by Crippen LogP contribution is -2.40. The molecule has 0 saturated carbocycles. The minimum absolute atomic E-state index is 0.206. The molecule has 0 spiro atoms. The SMILES string of the molecule is CP=S.[C-]#[N+]c1ccc(C[C@@H](C(=O)NCC(=O)c2ccc(F)cc2)[C@H](C)O)c(C)c1Cl. The molecular weight excluding hydrogens is 458 g/mol. The lowest BCUT2D eigenvalue weighted by molar-refractivity contribution is -0.127. The first-order valence-electron chi connectivity index (χ1n) is 9.27. The third kappa shape index (κ3) is 8.08. The Labute approximate surface area is 193 Å². The van der Waals surface area contributed by atoms with Crippen molar-refractivity contribution in [1.29, 1.82) is 0 Å². The number of nitrogens with one attached hydrogen (secondary N) is 1. The van der Waals surface area contributed by atoms with Crippen molar-refractivity contribution in [2.75, 3.05) is 13.2 Å². The Kier molecular flexibility index (Phi) is 11.4. The number of carbonyl (C=O) groups excluding carboxylic acids is 2. The van der Waals surface area contributed by atoms with Gasteiger partial charge < -0.3 is 10.4 Å². The molecule has 0 aromatic heterocycles. The number of aliphatic hydroxyl groups is 1. The van der Waals surface area contributed by atoms with Crippen LogP contribution in [0.25, 0.3) is 4.85 Å². The maximum Gasteiger partial charge on any atom is 0.226 e. The van der Waals surface area contributed by atoms with Gasteiger partial charge >= 0.3 is 0 Å². The smallest absolute Gasteiger partial charge is 0.226 e. The molecule has 164 valence electrons. The standard InChI is InChI=1S/C21H20ClFN2O3.CH3PS/c1-12-15(6-9-18(24-3)20(12)22)10-17(13(2)26)21(28)25-11-19(27)14-4-7-16(23)8-5-14;1-2-3/h4-9,13,17,26H,10-11H2,1-2H3,(H,25,28);1H3/t13-,17+;/m0./s1. The summed E-state index contributed by atoms with van der Waals surface area (Å²) in [4.78, 5) is 28.0. The minimum atomic E-state index is -0.959. The number of ketones is 1. The summed E-state index contributed by atoms with van der Waals surface area (Å²) in [5.41, 5.74) is 2.03. The van der Waals surface area contributed by atoms with E-state index in [1.165, 1.54) is 31.2 Å². The molecule has 0 aliphatic rings. The first-order chi connectivity index (χ1) is 14.7. The molecule has 0 aliphatic carbocycles. The Bertz CT molecular complexity index is 978. The molecule has 2 aromatic rings. The summed E-state index contributed by atoms with van der Waals surface area (Å²) in [6, 6.07) is 8.33. The van der Waals surface area contributed by atoms with E-state index in [2.05, 4.69) is 22.0 Å². The van der Waals surface area contributed by atoms with E-state index in [-0.39, 0.29) is 24.3 Å². The van der Waals surface area contributed by atoms with Crippen LogP contribution in [0.3, 0.4) is 0 Å². The fourth-order valence-electron chi connectivity index (χ4n) is 2.77. The van der Waals surface area contributed by atoms with Crippen LogP contribution in [0.4, 0.5) is 10.1 Å². The van der Waals surface area contributed by atoms with Crippen molar-refractivity contribution in [2.45, 2.75) is 26.4 Å². The van der Waals surface area contributed by atoms with E-state index in [4.69, 9.17) is 18.2 Å². The van der Waals surface area contributed by atoms with Crippen LogP contribution >= 0.6 is 19.0 Å². The maximum atomic E-state index is 12.9. The Morgan fingerprint density at radius 3 is 2.39 bits per heavy atom. The molecular formula is C22H23ClFN2O3PS. The number of rotatable bonds is 7. The van der Waals surface area contributed by atoms with Gasteiger partial charge in [0.05, 0.1) is 30.2 Å². The molecule has 0 bridgehead atoms. The van der Waals surface area contributed by atoms with Gasteiger partial charge in [0.15, 0.2) is 5.78 Å². The zero-order valence-electron chi connectivity index (χ0n) is 17.4. The molecule has 2 rings (SSSR count). The Morgan fingerprint density at radius 2 is 1.87 bits per heavy atom. The minimum Gasteiger partial charge on any atom is -0.393 e. The van der Waals surface area contributed by atoms with Gasteiger partial charge in [-0.15, -0.1) is 0 Å². The van der Waals surface area contributed by atoms with Gasteiger partial charge in [-0.25, -0.2) is 9.24 Å². The molecule has 2 atom stereocenters. The largest absolute Gasteiger partial charge is 0.393 e. The number of hydrogen-bond donors (Lipinski definition) is 2. The van der Waals surface area contributed by atoms with E-state index in [0.29, 0.717) is 16.3 Å². The normalized spacial score (nSPS) is 12.2. The highest BCUT2D eigenvalue weighted by atomic mass is 35.5. The molecule has 2 aromatic carbocycles. The molecule has 0 aliphatic heterocycles. The zero-order valence-corrected chi connectivity index (χ0v) is 19.8. The summed E-state index contributed by atoms with van der Waals surface area (Å²) < 4.78 is 12.9. The second-order valence-corrected chi connectivity index (χ2v) is 8.51. The number of amides is 1. The monoisotopic (exact) mass is 480 g/mol. The third-order valence-corrected chi connectivity index (χ3v) is 5.02. The second kappa shape index (κ2) is 13.2. The predicted molar refractivity (Wildman–Crippen MR) is 125 cm³/mol. The van der Waals surface area contributed by atoms with Gasteiger partial charge in [0.25, 0.3) is 0 Å². The summed E-state index contributed by atoms with van der Waals surface area (Å²) in [5.74, 6) is -2.09. The summed E-state index contributed by atoms with van der Waals surface area (Å²) >= 11 is 10.5. The molecule has 0 fully saturated rings. The van der Waals surface area contributed by atoms with Crippen molar-refractivity contribution in [3.8, 4) is 0 Å². The van der Waals surface area contributed by atoms with Gasteiger partial charge in [-0.05, 0) is 69.7 Å². The van der Waals surface area contributed by atoms with Crippen LogP contribution in [0.15, 0.2) is 36.4 Å². The lowest BCUT2D eigenvalue weighted by Gasteiger charge is -2.21. The van der Waals surface area contributed by atoms with E-state index in [1.807, 2.05) is 6.66 Å². The molecule has 0 radical (unpaired) electrons. The van der Waals surface area contributed by atoms with Crippen molar-refractivity contribution < 1.29 is 19.1 Å². The summed E-state index contributed by atoms with van der Waals surface area (Å²) in [7, 11) is 1.00. The third-order valence-electron chi connectivity index (χ3n) is 4.55. The highest BCUT2D eigenvalue weighted by Crippen LogP contribution is 2.31. The van der Waals surface area contributed by atoms with Crippen LogP contribution in [0.5, 0.6) is 0 Å². The fraction of sp³-hybridized carbons (Fsp3) is 0.318. The number of carbonyl (C=O) groups is 2. The van der Waals surface area contributed by atoms with Gasteiger partial charge in [0, 0.05) is 5.56 Å². The average Bonchev–Trinajstić information content (AvgIpc) is 2.73. The highest BCUT2D eigenvalue weighted by molar-refractivity contribution is 7.96. The molecule has 1 amide bonds. The van der Waals surface area contributed by atoms with Crippen LogP contribution in [0, 0.1) is 25.2 Å². The van der Waals surface area contributed by atoms with Gasteiger partial charge in [-0.3, -0.25) is 9.59 Å². The first kappa shape index (κ1) is 26.8. The van der Waals surface area contributed by atoms with Crippen LogP contribution in [-0.4, -0.2) is 36.1 Å². The predicted octanol–water partition coefficient (Wildman–Crippen LogP) is 4.90. The molecule has 0 saturated heterocycles. The van der Waals surface area contributed by atoms with Crippen LogP contribution < -0.4 is 5.32 Å². The van der Waals surface area contributed by atoms with E-state index in [0.717, 1.165) is 12.9 Å². The summed E-state index contributed by atoms with van der Waals surface area (Å²) in [6.07, 6.45) is -0.752. The van der Waals surface area contributed by atoms with E-state index < -0.39 is 23.7 Å². The van der Waals surface area contributed by atoms with E-state index >= 15 is 0 Å². The van der Waals surface area contributed by atoms with Crippen LogP contribution in [0.1, 0.15) is 28.4 Å². The molecule has 9 heteroatoms. The maximum absolute atomic E-state index is 12.9. The van der Waals surface area contributed by atoms with Crippen LogP contribution in [-0.2, 0) is 23.0 Å². The zero-order chi connectivity index (χ0) is 23.6. The van der Waals surface area contributed by atoms with Crippen molar-refractivity contribution in [2.24, 2.45) is 5.92 Å². The molecule has 0 unspecified atom stereocenters. The Hall–Kier alpha value is -2.23. The van der Waals surface area contributed by atoms with Crippen molar-refractivity contribution in [3.05, 3.63) is 75.3 Å². The van der Waals surface area contributed by atoms with E-state index in [9.17, 15) is 19.1 Å². The van der Waals surface area contributed by atoms with Crippen LogP contribution in [0.2, 0.25) is 5.02 Å². The number of benzene rings is 2. The van der Waals surface area contributed by atoms with Crippen molar-refractivity contribution in [3.63, 3.8) is 0 Å². The molecule has 5 nitrogen and oxygen atoms in total. The molecule has 0 heterocycles. The fourth-order valence-corrected chi connectivity index (χ4v) is 3.00. The quantitative estimate of drug-likeness (QED) is 0.336. The number of halogens is 2. The Morgan fingerprint density at radius 1 is 1.29 bits per heavy atom. The second-order valence-electron chi connectivity index (χ2n) is 6.68. The first-order valence-corrected chi connectivity index (χ1v) is 12.0. The van der Waals surface area contributed by atoms with E-state index in [1.54, 1.807) is 19.1 Å². The number of aliphatic hydroxyl groups excluding tert-OH is 1. The topological polar surface area (TPSA) is 70.8 Å². The summed E-state index contributed by atoms with van der Waals surface area (Å²) in [6.45, 7) is 12.0. The highest BCUT2D eigenvalue weighted by Gasteiger charge is 2.25. The number of Topliss-reactive ketones (excluding diaryl/α,β-unsaturated/α-hetero) is 1. The average molecular weight is 481 g/mol. The summed E-state index contributed by atoms with van der Waals surface area (Å²) in [5, 5.41) is 12.9. The number of nitrogens with zero attached hydrogens (tertiary/aromatic N) is 1. The lowest BCUT2D eigenvalue weighted by atomic mass is 9.91. The van der Waals surface area contributed by atoms with Gasteiger partial charge in [0.2, 0.25) is 11.6 Å². The molecule has 31 heavy (non-hydrogen) atoms. The van der Waals surface area contributed by atoms with Gasteiger partial charge in [-0.2, -0.15) is 0 Å². The molecule has 2 N–H and O–H groups in total. The van der Waals surface area contributed by atoms with Crippen molar-refractivity contribution >= 4 is 48.1 Å². The Balaban J connectivity index is 0.00000151. The number of hydrogen-bond acceptors (Lipinski definition) is 4. The van der Waals surface area contributed by atoms with Gasteiger partial charge in [0.1, 0.15) is 5.82 Å². The van der Waals surface area contributed by atoms with Crippen molar-refractivity contribution in [1.82, 2.24) is 5.32 Å². The van der Waals surface area contributed by atoms with Gasteiger partial charge in [-0.1, -0.05) is 35.5 Å².